The van der Waals surface area contributed by atoms with Crippen LogP contribution >= 0.6 is 11.6 Å². The van der Waals surface area contributed by atoms with Crippen LogP contribution in [-0.4, -0.2) is 4.98 Å². The highest BCUT2D eigenvalue weighted by atomic mass is 35.5. The van der Waals surface area contributed by atoms with Gasteiger partial charge >= 0.3 is 0 Å². The van der Waals surface area contributed by atoms with Gasteiger partial charge in [-0.25, -0.2) is 4.98 Å². The summed E-state index contributed by atoms with van der Waals surface area (Å²) in [6.07, 6.45) is 0.888. The lowest BCUT2D eigenvalue weighted by Crippen LogP contribution is -2.14. The number of nitrogens with one attached hydrogen (secondary N) is 1. The fourth-order valence-electron chi connectivity index (χ4n) is 3.42. The molecule has 1 N–H and O–H groups in total. The normalized spacial score (nSPS) is 12.1. The number of hydrogen-bond donors (Lipinski definition) is 1. The minimum Gasteiger partial charge on any atom is -0.363 e. The fraction of sp³-hybridized carbons (Fsp3) is 0.125. The molecule has 0 fully saturated rings. The van der Waals surface area contributed by atoms with E-state index in [2.05, 4.69) is 66.8 Å². The standard InChI is InChI=1S/C24H21ClN2/c1-17-14-24(27-23-16-20(25)12-13-21(17)23)26-22(19-10-6-3-7-11-19)15-18-8-4-2-5-9-18/h2-14,16,22H,15H2,1H3,(H,26,27)/t22-/m1/s1. The molecule has 0 bridgehead atoms. The highest BCUT2D eigenvalue weighted by molar-refractivity contribution is 6.31. The van der Waals surface area contributed by atoms with Gasteiger partial charge < -0.3 is 5.32 Å². The zero-order chi connectivity index (χ0) is 18.6. The van der Waals surface area contributed by atoms with Gasteiger partial charge in [-0.15, -0.1) is 0 Å². The Morgan fingerprint density at radius 3 is 2.33 bits per heavy atom. The first kappa shape index (κ1) is 17.6. The number of benzene rings is 3. The van der Waals surface area contributed by atoms with E-state index in [-0.39, 0.29) is 6.04 Å². The lowest BCUT2D eigenvalue weighted by atomic mass is 9.98. The summed E-state index contributed by atoms with van der Waals surface area (Å²) in [4.78, 5) is 4.81. The molecule has 4 rings (SSSR count). The van der Waals surface area contributed by atoms with E-state index in [1.54, 1.807) is 0 Å². The predicted octanol–water partition coefficient (Wildman–Crippen LogP) is 6.59. The lowest BCUT2D eigenvalue weighted by Gasteiger charge is -2.21. The van der Waals surface area contributed by atoms with E-state index in [4.69, 9.17) is 16.6 Å². The first-order valence-corrected chi connectivity index (χ1v) is 9.49. The maximum absolute atomic E-state index is 6.17. The van der Waals surface area contributed by atoms with Crippen molar-refractivity contribution < 1.29 is 0 Å². The van der Waals surface area contributed by atoms with Gasteiger partial charge in [0.1, 0.15) is 5.82 Å². The Morgan fingerprint density at radius 1 is 0.889 bits per heavy atom. The number of nitrogens with zero attached hydrogens (tertiary/aromatic N) is 1. The Balaban J connectivity index is 1.70. The van der Waals surface area contributed by atoms with Crippen molar-refractivity contribution in [3.8, 4) is 0 Å². The monoisotopic (exact) mass is 372 g/mol. The van der Waals surface area contributed by atoms with Crippen molar-refractivity contribution in [2.24, 2.45) is 0 Å². The first-order valence-electron chi connectivity index (χ1n) is 9.11. The van der Waals surface area contributed by atoms with Gasteiger partial charge in [-0.1, -0.05) is 78.3 Å². The molecule has 2 nitrogen and oxygen atoms in total. The average Bonchev–Trinajstić information content (AvgIpc) is 2.68. The van der Waals surface area contributed by atoms with Crippen LogP contribution in [0.2, 0.25) is 5.02 Å². The van der Waals surface area contributed by atoms with Crippen LogP contribution in [0.1, 0.15) is 22.7 Å². The summed E-state index contributed by atoms with van der Waals surface area (Å²) in [5.74, 6) is 0.868. The molecule has 0 unspecified atom stereocenters. The van der Waals surface area contributed by atoms with Crippen molar-refractivity contribution in [1.82, 2.24) is 4.98 Å². The molecule has 0 aliphatic heterocycles. The third-order valence-corrected chi connectivity index (χ3v) is 5.02. The SMILES string of the molecule is Cc1cc(N[C@H](Cc2ccccc2)c2ccccc2)nc2cc(Cl)ccc12. The van der Waals surface area contributed by atoms with Gasteiger partial charge in [0.25, 0.3) is 0 Å². The van der Waals surface area contributed by atoms with E-state index in [9.17, 15) is 0 Å². The van der Waals surface area contributed by atoms with Crippen LogP contribution in [0.3, 0.4) is 0 Å². The Morgan fingerprint density at radius 2 is 1.59 bits per heavy atom. The van der Waals surface area contributed by atoms with Gasteiger partial charge in [0.05, 0.1) is 11.6 Å². The zero-order valence-corrected chi connectivity index (χ0v) is 15.9. The largest absolute Gasteiger partial charge is 0.363 e. The molecule has 0 aliphatic carbocycles. The Labute approximate surface area is 164 Å². The second-order valence-electron chi connectivity index (χ2n) is 6.78. The van der Waals surface area contributed by atoms with Crippen molar-refractivity contribution in [3.63, 3.8) is 0 Å². The first-order chi connectivity index (χ1) is 13.2. The minimum absolute atomic E-state index is 0.136. The molecular weight excluding hydrogens is 352 g/mol. The van der Waals surface area contributed by atoms with Gasteiger partial charge in [0, 0.05) is 10.4 Å². The lowest BCUT2D eigenvalue weighted by molar-refractivity contribution is 0.771. The summed E-state index contributed by atoms with van der Waals surface area (Å²) >= 11 is 6.17. The molecule has 134 valence electrons. The Bertz CT molecular complexity index is 1050. The van der Waals surface area contributed by atoms with Gasteiger partial charge in [-0.3, -0.25) is 0 Å². The summed E-state index contributed by atoms with van der Waals surface area (Å²) in [7, 11) is 0. The van der Waals surface area contributed by atoms with Crippen molar-refractivity contribution in [1.29, 1.82) is 0 Å². The second-order valence-corrected chi connectivity index (χ2v) is 7.22. The summed E-state index contributed by atoms with van der Waals surface area (Å²) in [5.41, 5.74) is 4.63. The topological polar surface area (TPSA) is 24.9 Å². The molecule has 1 atom stereocenters. The number of aromatic nitrogens is 1. The molecule has 0 saturated heterocycles. The molecule has 1 aromatic heterocycles. The molecular formula is C24H21ClN2. The van der Waals surface area contributed by atoms with Gasteiger partial charge in [-0.2, -0.15) is 0 Å². The number of hydrogen-bond acceptors (Lipinski definition) is 2. The summed E-state index contributed by atoms with van der Waals surface area (Å²) < 4.78 is 0. The smallest absolute Gasteiger partial charge is 0.127 e. The van der Waals surface area contributed by atoms with Crippen molar-refractivity contribution in [2.75, 3.05) is 5.32 Å². The van der Waals surface area contributed by atoms with Gasteiger partial charge in [0.2, 0.25) is 0 Å². The van der Waals surface area contributed by atoms with Crippen LogP contribution in [-0.2, 0) is 6.42 Å². The highest BCUT2D eigenvalue weighted by Gasteiger charge is 2.14. The quantitative estimate of drug-likeness (QED) is 0.427. The zero-order valence-electron chi connectivity index (χ0n) is 15.2. The number of aryl methyl sites for hydroxylation is 1. The van der Waals surface area contributed by atoms with Gasteiger partial charge in [0.15, 0.2) is 0 Å². The third-order valence-electron chi connectivity index (χ3n) is 4.79. The molecule has 0 radical (unpaired) electrons. The highest BCUT2D eigenvalue weighted by Crippen LogP contribution is 2.27. The Kier molecular flexibility index (Phi) is 5.08. The molecule has 4 aromatic rings. The van der Waals surface area contributed by atoms with Crippen LogP contribution < -0.4 is 5.32 Å². The van der Waals surface area contributed by atoms with E-state index in [1.165, 1.54) is 16.7 Å². The molecule has 3 aromatic carbocycles. The molecule has 0 amide bonds. The third kappa shape index (κ3) is 4.12. The van der Waals surface area contributed by atoms with Crippen molar-refractivity contribution >= 4 is 28.3 Å². The van der Waals surface area contributed by atoms with Crippen molar-refractivity contribution in [2.45, 2.75) is 19.4 Å². The predicted molar refractivity (Wildman–Crippen MR) is 114 cm³/mol. The fourth-order valence-corrected chi connectivity index (χ4v) is 3.58. The average molecular weight is 373 g/mol. The minimum atomic E-state index is 0.136. The maximum Gasteiger partial charge on any atom is 0.127 e. The maximum atomic E-state index is 6.17. The molecule has 27 heavy (non-hydrogen) atoms. The van der Waals surface area contributed by atoms with Gasteiger partial charge in [-0.05, 0) is 48.2 Å². The van der Waals surface area contributed by atoms with Crippen molar-refractivity contribution in [3.05, 3.63) is 107 Å². The molecule has 0 aliphatic rings. The van der Waals surface area contributed by atoms with Crippen LogP contribution in [0.4, 0.5) is 5.82 Å². The van der Waals surface area contributed by atoms with E-state index in [0.29, 0.717) is 5.02 Å². The van der Waals surface area contributed by atoms with Crippen LogP contribution in [0, 0.1) is 6.92 Å². The second kappa shape index (κ2) is 7.81. The van der Waals surface area contributed by atoms with Crippen LogP contribution in [0.25, 0.3) is 10.9 Å². The Hall–Kier alpha value is -2.84. The van der Waals surface area contributed by atoms with E-state index >= 15 is 0 Å². The van der Waals surface area contributed by atoms with E-state index in [1.807, 2.05) is 30.3 Å². The van der Waals surface area contributed by atoms with E-state index < -0.39 is 0 Å². The number of fused-ring (bicyclic) bond motifs is 1. The number of halogens is 1. The molecule has 0 saturated carbocycles. The van der Waals surface area contributed by atoms with E-state index in [0.717, 1.165) is 23.1 Å². The summed E-state index contributed by atoms with van der Waals surface area (Å²) in [5, 5.41) is 5.48. The van der Waals surface area contributed by atoms with Crippen LogP contribution in [0.15, 0.2) is 84.9 Å². The summed E-state index contributed by atoms with van der Waals surface area (Å²) in [6.45, 7) is 2.11. The molecule has 3 heteroatoms. The number of anilines is 1. The summed E-state index contributed by atoms with van der Waals surface area (Å²) in [6, 6.07) is 29.2. The number of pyridine rings is 1. The number of rotatable bonds is 5. The molecule has 1 heterocycles. The molecule has 0 spiro atoms. The van der Waals surface area contributed by atoms with Crippen LogP contribution in [0.5, 0.6) is 0 Å².